The summed E-state index contributed by atoms with van der Waals surface area (Å²) >= 11 is 13.4. The van der Waals surface area contributed by atoms with E-state index < -0.39 is 15.7 Å². The lowest BCUT2D eigenvalue weighted by Gasteiger charge is -2.45. The molecule has 176 valence electrons. The summed E-state index contributed by atoms with van der Waals surface area (Å²) in [5.41, 5.74) is 0.982. The van der Waals surface area contributed by atoms with Crippen LogP contribution in [0.5, 0.6) is 5.75 Å². The molecule has 1 aliphatic rings. The fraction of sp³-hybridized carbons (Fsp3) is 0.500. The Morgan fingerprint density at radius 1 is 1.18 bits per heavy atom. The van der Waals surface area contributed by atoms with Gasteiger partial charge in [-0.1, -0.05) is 25.8 Å². The number of anilines is 1. The first-order valence-electron chi connectivity index (χ1n) is 10.6. The zero-order valence-corrected chi connectivity index (χ0v) is 20.8. The number of nitrogens with zero attached hydrogens (tertiary/aromatic N) is 8. The molecule has 0 saturated heterocycles. The number of phenolic OH excluding ortho intramolecular Hbond substituents is 1. The van der Waals surface area contributed by atoms with Gasteiger partial charge in [0.15, 0.2) is 15.2 Å². The largest absolute Gasteiger partial charge is 0.507 e. The van der Waals surface area contributed by atoms with E-state index in [4.69, 9.17) is 0 Å². The maximum atomic E-state index is 15.3. The smallest absolute Gasteiger partial charge is 0.205 e. The number of alkyl halides is 1. The van der Waals surface area contributed by atoms with Crippen molar-refractivity contribution in [3.05, 3.63) is 24.4 Å². The van der Waals surface area contributed by atoms with Gasteiger partial charge >= 0.3 is 0 Å². The van der Waals surface area contributed by atoms with Crippen LogP contribution < -0.4 is 4.90 Å². The van der Waals surface area contributed by atoms with Crippen molar-refractivity contribution >= 4 is 43.7 Å². The molecule has 0 spiro atoms. The predicted molar refractivity (Wildman–Crippen MR) is 133 cm³/mol. The first-order chi connectivity index (χ1) is 15.7. The van der Waals surface area contributed by atoms with E-state index in [9.17, 15) is 5.11 Å². The molecule has 3 aromatic rings. The SMILES string of the molecule is CC[C@@H]1CCC[C@H](N(c2cnc(-c3ccc(-c4nnn(C)n4)cc3O)nn2)C(S)(S)S)[C@@H]1F. The van der Waals surface area contributed by atoms with Crippen molar-refractivity contribution in [2.75, 3.05) is 4.90 Å². The van der Waals surface area contributed by atoms with Gasteiger partial charge in [-0.25, -0.2) is 9.37 Å². The summed E-state index contributed by atoms with van der Waals surface area (Å²) in [5, 5.41) is 30.8. The fourth-order valence-corrected chi connectivity index (χ4v) is 4.98. The number of tetrazole rings is 1. The van der Waals surface area contributed by atoms with Gasteiger partial charge in [0.1, 0.15) is 11.9 Å². The number of aromatic hydroxyl groups is 1. The number of phenols is 1. The van der Waals surface area contributed by atoms with Gasteiger partial charge in [-0.05, 0) is 36.1 Å². The Labute approximate surface area is 207 Å². The summed E-state index contributed by atoms with van der Waals surface area (Å²) in [5.74, 6) is 0.812. The van der Waals surface area contributed by atoms with E-state index in [0.29, 0.717) is 29.2 Å². The standard InChI is InChI=1S/C20H25FN8OS3/c1-3-11-5-4-6-14(17(11)21)29(20(31,32)33)16-10-22-19(24-23-16)13-8-7-12(9-15(13)30)18-25-27-28(2)26-18/h7-11,14,17,30-33H,3-6H2,1-2H3/t11-,14+,17-/m1/s1. The number of halogens is 1. The van der Waals surface area contributed by atoms with Crippen molar-refractivity contribution in [1.29, 1.82) is 0 Å². The second-order valence-corrected chi connectivity index (χ2v) is 11.1. The average molecular weight is 509 g/mol. The van der Waals surface area contributed by atoms with Crippen LogP contribution in [0, 0.1) is 5.92 Å². The molecule has 3 atom stereocenters. The van der Waals surface area contributed by atoms with E-state index in [-0.39, 0.29) is 17.5 Å². The van der Waals surface area contributed by atoms with Gasteiger partial charge in [0.05, 0.1) is 24.8 Å². The van der Waals surface area contributed by atoms with E-state index in [2.05, 4.69) is 68.5 Å². The van der Waals surface area contributed by atoms with E-state index in [1.807, 2.05) is 6.92 Å². The molecular formula is C20H25FN8OS3. The third-order valence-corrected chi connectivity index (χ3v) is 6.52. The first-order valence-corrected chi connectivity index (χ1v) is 11.9. The highest BCUT2D eigenvalue weighted by Gasteiger charge is 2.42. The summed E-state index contributed by atoms with van der Waals surface area (Å²) in [6, 6.07) is 4.40. The van der Waals surface area contributed by atoms with Gasteiger partial charge in [-0.2, -0.15) is 4.80 Å². The van der Waals surface area contributed by atoms with Crippen LogP contribution in [0.3, 0.4) is 0 Å². The fourth-order valence-electron chi connectivity index (χ4n) is 4.23. The lowest BCUT2D eigenvalue weighted by atomic mass is 9.82. The first kappa shape index (κ1) is 24.0. The van der Waals surface area contributed by atoms with Gasteiger partial charge in [0.25, 0.3) is 0 Å². The topological polar surface area (TPSA) is 106 Å². The monoisotopic (exact) mass is 508 g/mol. The highest BCUT2D eigenvalue weighted by atomic mass is 32.2. The Morgan fingerprint density at radius 3 is 2.55 bits per heavy atom. The van der Waals surface area contributed by atoms with Crippen molar-refractivity contribution < 1.29 is 9.50 Å². The van der Waals surface area contributed by atoms with E-state index in [1.165, 1.54) is 17.1 Å². The van der Waals surface area contributed by atoms with Crippen LogP contribution in [-0.2, 0) is 7.05 Å². The molecule has 1 fully saturated rings. The number of benzene rings is 1. The minimum absolute atomic E-state index is 0.0388. The Bertz CT molecular complexity index is 1110. The summed E-state index contributed by atoms with van der Waals surface area (Å²) < 4.78 is 14.0. The maximum Gasteiger partial charge on any atom is 0.205 e. The van der Waals surface area contributed by atoms with E-state index in [1.54, 1.807) is 24.1 Å². The zero-order valence-electron chi connectivity index (χ0n) is 18.1. The molecule has 33 heavy (non-hydrogen) atoms. The molecule has 4 rings (SSSR count). The number of aromatic nitrogens is 7. The van der Waals surface area contributed by atoms with Gasteiger partial charge in [0, 0.05) is 5.56 Å². The summed E-state index contributed by atoms with van der Waals surface area (Å²) in [6.45, 7) is 1.99. The molecule has 0 unspecified atom stereocenters. The van der Waals surface area contributed by atoms with Crippen molar-refractivity contribution in [2.24, 2.45) is 13.0 Å². The summed E-state index contributed by atoms with van der Waals surface area (Å²) in [6.07, 6.45) is 3.53. The van der Waals surface area contributed by atoms with Crippen molar-refractivity contribution in [3.63, 3.8) is 0 Å². The van der Waals surface area contributed by atoms with E-state index >= 15 is 4.39 Å². The quantitative estimate of drug-likeness (QED) is 0.296. The molecule has 1 aromatic carbocycles. The van der Waals surface area contributed by atoms with Gasteiger partial charge in [-0.15, -0.1) is 58.3 Å². The summed E-state index contributed by atoms with van der Waals surface area (Å²) in [7, 11) is 1.66. The van der Waals surface area contributed by atoms with Gasteiger partial charge < -0.3 is 10.0 Å². The van der Waals surface area contributed by atoms with Crippen molar-refractivity contribution in [2.45, 2.75) is 48.4 Å². The molecule has 13 heteroatoms. The molecule has 1 N–H and O–H groups in total. The third-order valence-electron chi connectivity index (χ3n) is 5.87. The minimum Gasteiger partial charge on any atom is -0.507 e. The molecule has 2 aromatic heterocycles. The molecular weight excluding hydrogens is 483 g/mol. The van der Waals surface area contributed by atoms with Gasteiger partial charge in [-0.3, -0.25) is 0 Å². The van der Waals surface area contributed by atoms with Crippen molar-refractivity contribution in [1.82, 2.24) is 35.4 Å². The van der Waals surface area contributed by atoms with Gasteiger partial charge in [0.2, 0.25) is 5.82 Å². The predicted octanol–water partition coefficient (Wildman–Crippen LogP) is 3.56. The van der Waals surface area contributed by atoms with Crippen molar-refractivity contribution in [3.8, 4) is 28.5 Å². The Kier molecular flexibility index (Phi) is 7.01. The molecule has 0 bridgehead atoms. The molecule has 2 heterocycles. The average Bonchev–Trinajstić information content (AvgIpc) is 3.21. The lowest BCUT2D eigenvalue weighted by Crippen LogP contribution is -2.53. The normalized spacial score (nSPS) is 21.2. The van der Waals surface area contributed by atoms with Crippen LogP contribution in [0.4, 0.5) is 10.2 Å². The highest BCUT2D eigenvalue weighted by molar-refractivity contribution is 8.17. The second kappa shape index (κ2) is 9.63. The Balaban J connectivity index is 1.62. The number of hydrogen-bond acceptors (Lipinski definition) is 11. The molecule has 1 aliphatic carbocycles. The molecule has 0 radical (unpaired) electrons. The molecule has 0 amide bonds. The zero-order chi connectivity index (χ0) is 23.8. The summed E-state index contributed by atoms with van der Waals surface area (Å²) in [4.78, 5) is 7.31. The minimum atomic E-state index is -1.27. The van der Waals surface area contributed by atoms with Crippen LogP contribution in [0.25, 0.3) is 22.8 Å². The van der Waals surface area contributed by atoms with Crippen LogP contribution in [-0.4, -0.2) is 56.2 Å². The second-order valence-electron chi connectivity index (χ2n) is 8.06. The van der Waals surface area contributed by atoms with Crippen LogP contribution >= 0.6 is 37.9 Å². The van der Waals surface area contributed by atoms with Crippen LogP contribution in [0.15, 0.2) is 24.4 Å². The van der Waals surface area contributed by atoms with Crippen LogP contribution in [0.2, 0.25) is 0 Å². The maximum absolute atomic E-state index is 15.3. The number of aryl methyl sites for hydroxylation is 1. The Hall–Kier alpha value is -2.12. The Morgan fingerprint density at radius 2 is 1.97 bits per heavy atom. The molecule has 1 saturated carbocycles. The lowest BCUT2D eigenvalue weighted by molar-refractivity contribution is 0.132. The molecule has 9 nitrogen and oxygen atoms in total. The molecule has 0 aliphatic heterocycles. The number of rotatable bonds is 6. The highest BCUT2D eigenvalue weighted by Crippen LogP contribution is 2.42. The van der Waals surface area contributed by atoms with E-state index in [0.717, 1.165) is 19.3 Å². The number of thiol groups is 3. The third kappa shape index (κ3) is 5.04. The number of hydrogen-bond donors (Lipinski definition) is 4. The van der Waals surface area contributed by atoms with Crippen LogP contribution in [0.1, 0.15) is 32.6 Å².